The second-order valence-corrected chi connectivity index (χ2v) is 7.64. The van der Waals surface area contributed by atoms with E-state index in [1.807, 2.05) is 46.7 Å². The summed E-state index contributed by atoms with van der Waals surface area (Å²) in [5.41, 5.74) is 1.42. The van der Waals surface area contributed by atoms with Gasteiger partial charge in [-0.05, 0) is 38.3 Å². The molecule has 1 saturated carbocycles. The van der Waals surface area contributed by atoms with Crippen LogP contribution in [0.1, 0.15) is 26.2 Å². The molecule has 2 aromatic heterocycles. The number of likely N-dealkylation sites (tertiary alicyclic amines) is 1. The molecule has 0 unspecified atom stereocenters. The maximum absolute atomic E-state index is 12.3. The van der Waals surface area contributed by atoms with Crippen LogP contribution in [-0.4, -0.2) is 49.5 Å². The number of benzene rings is 1. The summed E-state index contributed by atoms with van der Waals surface area (Å²) in [6, 6.07) is 10.3. The quantitative estimate of drug-likeness (QED) is 0.694. The normalized spacial score (nSPS) is 18.9. The maximum atomic E-state index is 12.3. The van der Waals surface area contributed by atoms with Crippen LogP contribution in [0.3, 0.4) is 0 Å². The first-order valence-corrected chi connectivity index (χ1v) is 10.2. The van der Waals surface area contributed by atoms with Gasteiger partial charge in [-0.15, -0.1) is 0 Å². The highest BCUT2D eigenvalue weighted by molar-refractivity contribution is 5.84. The first kappa shape index (κ1) is 17.9. The summed E-state index contributed by atoms with van der Waals surface area (Å²) in [5.74, 6) is 1.98. The van der Waals surface area contributed by atoms with Crippen LogP contribution in [0.5, 0.6) is 11.8 Å². The number of nitrogens with zero attached hydrogens (tertiary/aromatic N) is 5. The number of carbonyl (C=O) groups is 1. The second-order valence-electron chi connectivity index (χ2n) is 7.64. The van der Waals surface area contributed by atoms with Gasteiger partial charge >= 0.3 is 6.01 Å². The van der Waals surface area contributed by atoms with E-state index in [-0.39, 0.29) is 12.0 Å². The maximum Gasteiger partial charge on any atom is 0.304 e. The molecule has 1 amide bonds. The largest absolute Gasteiger partial charge is 0.425 e. The zero-order valence-corrected chi connectivity index (χ0v) is 16.4. The van der Waals surface area contributed by atoms with Crippen LogP contribution in [0, 0.1) is 5.92 Å². The van der Waals surface area contributed by atoms with E-state index < -0.39 is 0 Å². The molecule has 29 heavy (non-hydrogen) atoms. The van der Waals surface area contributed by atoms with Gasteiger partial charge in [0.1, 0.15) is 12.1 Å². The molecule has 5 rings (SSSR count). The van der Waals surface area contributed by atoms with Gasteiger partial charge in [0.2, 0.25) is 5.91 Å². The highest BCUT2D eigenvalue weighted by atomic mass is 16.5. The molecule has 8 nitrogen and oxygen atoms in total. The standard InChI is InChI=1S/C21H24N6O2/c1-2-27-19-17(25-21(27)29-16-6-4-3-5-7-16)18(22-13-23-19)24-15-10-11-26(12-15)20(28)14-8-9-14/h3-7,13-15H,2,8-12H2,1H3,(H,22,23,24)/t15-/m0/s1. The number of carbonyl (C=O) groups excluding carboxylic acids is 1. The Morgan fingerprint density at radius 2 is 2.03 bits per heavy atom. The van der Waals surface area contributed by atoms with Crippen LogP contribution in [0.4, 0.5) is 5.82 Å². The number of imidazole rings is 1. The topological polar surface area (TPSA) is 85.2 Å². The zero-order valence-electron chi connectivity index (χ0n) is 16.4. The molecular formula is C21H24N6O2. The number of para-hydroxylation sites is 1. The molecule has 3 aromatic rings. The number of hydrogen-bond donors (Lipinski definition) is 1. The van der Waals surface area contributed by atoms with Gasteiger partial charge in [-0.25, -0.2) is 9.97 Å². The Morgan fingerprint density at radius 3 is 2.79 bits per heavy atom. The molecule has 2 aliphatic rings. The Hall–Kier alpha value is -3.16. The van der Waals surface area contributed by atoms with Gasteiger partial charge in [0, 0.05) is 31.6 Å². The number of hydrogen-bond acceptors (Lipinski definition) is 6. The van der Waals surface area contributed by atoms with Crippen LogP contribution in [0.15, 0.2) is 36.7 Å². The van der Waals surface area contributed by atoms with E-state index in [1.54, 1.807) is 6.33 Å². The first-order chi connectivity index (χ1) is 14.2. The van der Waals surface area contributed by atoms with Gasteiger partial charge in [0.25, 0.3) is 0 Å². The van der Waals surface area contributed by atoms with Crippen molar-refractivity contribution >= 4 is 22.9 Å². The Kier molecular flexibility index (Phi) is 4.54. The van der Waals surface area contributed by atoms with E-state index in [9.17, 15) is 4.79 Å². The predicted molar refractivity (Wildman–Crippen MR) is 109 cm³/mol. The molecule has 150 valence electrons. The summed E-state index contributed by atoms with van der Waals surface area (Å²) in [7, 11) is 0. The highest BCUT2D eigenvalue weighted by Crippen LogP contribution is 2.33. The lowest BCUT2D eigenvalue weighted by Crippen LogP contribution is -2.32. The number of aryl methyl sites for hydroxylation is 1. The number of ether oxygens (including phenoxy) is 1. The molecule has 1 atom stereocenters. The van der Waals surface area contributed by atoms with Crippen molar-refractivity contribution in [2.24, 2.45) is 5.92 Å². The zero-order chi connectivity index (χ0) is 19.8. The van der Waals surface area contributed by atoms with Crippen LogP contribution in [0.2, 0.25) is 0 Å². The average Bonchev–Trinajstić information content (AvgIpc) is 3.39. The molecule has 1 aliphatic heterocycles. The van der Waals surface area contributed by atoms with Crippen LogP contribution < -0.4 is 10.1 Å². The number of amides is 1. The average molecular weight is 392 g/mol. The first-order valence-electron chi connectivity index (χ1n) is 10.2. The third-order valence-electron chi connectivity index (χ3n) is 5.53. The van der Waals surface area contributed by atoms with Crippen molar-refractivity contribution in [1.82, 2.24) is 24.4 Å². The van der Waals surface area contributed by atoms with E-state index in [0.717, 1.165) is 37.2 Å². The van der Waals surface area contributed by atoms with E-state index in [0.29, 0.717) is 36.3 Å². The van der Waals surface area contributed by atoms with Crippen molar-refractivity contribution in [3.63, 3.8) is 0 Å². The van der Waals surface area contributed by atoms with Crippen molar-refractivity contribution in [1.29, 1.82) is 0 Å². The van der Waals surface area contributed by atoms with E-state index in [4.69, 9.17) is 4.74 Å². The van der Waals surface area contributed by atoms with Crippen LogP contribution >= 0.6 is 0 Å². The summed E-state index contributed by atoms with van der Waals surface area (Å²) >= 11 is 0. The van der Waals surface area contributed by atoms with Gasteiger partial charge in [0.15, 0.2) is 17.0 Å². The lowest BCUT2D eigenvalue weighted by Gasteiger charge is -2.17. The minimum absolute atomic E-state index is 0.168. The van der Waals surface area contributed by atoms with Gasteiger partial charge in [-0.3, -0.25) is 9.36 Å². The molecule has 1 N–H and O–H groups in total. The number of rotatable bonds is 6. The highest BCUT2D eigenvalue weighted by Gasteiger charge is 2.36. The SMILES string of the molecule is CCn1c(Oc2ccccc2)nc2c(N[C@H]3CCN(C(=O)C4CC4)C3)ncnc21. The lowest BCUT2D eigenvalue weighted by molar-refractivity contribution is -0.131. The molecule has 1 aliphatic carbocycles. The number of aromatic nitrogens is 4. The summed E-state index contributed by atoms with van der Waals surface area (Å²) in [6.07, 6.45) is 4.54. The Morgan fingerprint density at radius 1 is 1.21 bits per heavy atom. The fourth-order valence-corrected chi connectivity index (χ4v) is 3.84. The molecule has 8 heteroatoms. The fraction of sp³-hybridized carbons (Fsp3) is 0.429. The molecular weight excluding hydrogens is 368 g/mol. The molecule has 0 bridgehead atoms. The molecule has 0 spiro atoms. The molecule has 2 fully saturated rings. The Labute approximate surface area is 168 Å². The van der Waals surface area contributed by atoms with E-state index in [1.165, 1.54) is 0 Å². The Bertz CT molecular complexity index is 1030. The monoisotopic (exact) mass is 392 g/mol. The number of anilines is 1. The van der Waals surface area contributed by atoms with Crippen LogP contribution in [-0.2, 0) is 11.3 Å². The van der Waals surface area contributed by atoms with Gasteiger partial charge in [-0.2, -0.15) is 4.98 Å². The second kappa shape index (κ2) is 7.35. The van der Waals surface area contributed by atoms with E-state index in [2.05, 4.69) is 20.3 Å². The lowest BCUT2D eigenvalue weighted by atomic mass is 10.2. The summed E-state index contributed by atoms with van der Waals surface area (Å²) < 4.78 is 7.93. The summed E-state index contributed by atoms with van der Waals surface area (Å²) in [6.45, 7) is 4.23. The smallest absolute Gasteiger partial charge is 0.304 e. The van der Waals surface area contributed by atoms with Crippen molar-refractivity contribution < 1.29 is 9.53 Å². The van der Waals surface area contributed by atoms with Crippen molar-refractivity contribution in [3.05, 3.63) is 36.7 Å². The number of fused-ring (bicyclic) bond motifs is 1. The van der Waals surface area contributed by atoms with Crippen molar-refractivity contribution in [3.8, 4) is 11.8 Å². The fourth-order valence-electron chi connectivity index (χ4n) is 3.84. The number of nitrogens with one attached hydrogen (secondary N) is 1. The molecule has 1 aromatic carbocycles. The minimum Gasteiger partial charge on any atom is -0.425 e. The van der Waals surface area contributed by atoms with E-state index >= 15 is 0 Å². The minimum atomic E-state index is 0.168. The molecule has 3 heterocycles. The third-order valence-corrected chi connectivity index (χ3v) is 5.53. The molecule has 1 saturated heterocycles. The molecule has 0 radical (unpaired) electrons. The third kappa shape index (κ3) is 3.50. The Balaban J connectivity index is 1.39. The summed E-state index contributed by atoms with van der Waals surface area (Å²) in [4.78, 5) is 27.8. The van der Waals surface area contributed by atoms with Crippen molar-refractivity contribution in [2.45, 2.75) is 38.8 Å². The van der Waals surface area contributed by atoms with Gasteiger partial charge in [-0.1, -0.05) is 18.2 Å². The van der Waals surface area contributed by atoms with Gasteiger partial charge < -0.3 is 15.0 Å². The van der Waals surface area contributed by atoms with Crippen LogP contribution in [0.25, 0.3) is 11.2 Å². The van der Waals surface area contributed by atoms with Gasteiger partial charge in [0.05, 0.1) is 0 Å². The van der Waals surface area contributed by atoms with Crippen molar-refractivity contribution in [2.75, 3.05) is 18.4 Å². The predicted octanol–water partition coefficient (Wildman–Crippen LogP) is 3.06. The summed E-state index contributed by atoms with van der Waals surface area (Å²) in [5, 5.41) is 3.48.